The monoisotopic (exact) mass is 447 g/mol. The number of carbonyl (C=O) groups excluding carboxylic acids is 1. The molecule has 166 valence electrons. The number of nitrogens with zero attached hydrogens (tertiary/aromatic N) is 2. The summed E-state index contributed by atoms with van der Waals surface area (Å²) in [5, 5.41) is 6.96. The Balaban J connectivity index is 2.01. The molecule has 1 aromatic heterocycles. The van der Waals surface area contributed by atoms with Crippen molar-refractivity contribution in [3.8, 4) is 22.6 Å². The zero-order valence-electron chi connectivity index (χ0n) is 17.8. The maximum Gasteiger partial charge on any atom is 0.259 e. The minimum atomic E-state index is -0.773. The summed E-state index contributed by atoms with van der Waals surface area (Å²) < 4.78 is 34.6. The molecule has 1 heterocycles. The predicted octanol–water partition coefficient (Wildman–Crippen LogP) is 4.75. The van der Waals surface area contributed by atoms with Gasteiger partial charge in [0.15, 0.2) is 0 Å². The molecule has 0 unspecified atom stereocenters. The number of ether oxygens (including phenoxy) is 1. The Morgan fingerprint density at radius 3 is 2.33 bits per heavy atom. The number of hydrogen-bond acceptors (Lipinski definition) is 4. The first kappa shape index (κ1) is 21.9. The Labute approximate surface area is 188 Å². The first-order chi connectivity index (χ1) is 15.9. The predicted molar refractivity (Wildman–Crippen MR) is 121 cm³/mol. The Hall–Kier alpha value is -4.33. The number of para-hydroxylation sites is 1. The molecule has 0 saturated heterocycles. The topological polar surface area (TPSA) is 73.2 Å². The molecule has 0 saturated carbocycles. The van der Waals surface area contributed by atoms with Crippen LogP contribution in [0, 0.1) is 18.6 Å². The first-order valence-corrected chi connectivity index (χ1v) is 10.00. The quantitative estimate of drug-likeness (QED) is 0.479. The van der Waals surface area contributed by atoms with Crippen LogP contribution in [-0.2, 0) is 0 Å². The molecule has 33 heavy (non-hydrogen) atoms. The number of aryl methyl sites for hydroxylation is 1. The van der Waals surface area contributed by atoms with E-state index in [-0.39, 0.29) is 22.6 Å². The summed E-state index contributed by atoms with van der Waals surface area (Å²) in [4.78, 5) is 26.3. The lowest BCUT2D eigenvalue weighted by Crippen LogP contribution is -2.25. The molecular formula is C25H19F2N3O3. The molecule has 4 rings (SSSR count). The molecule has 0 atom stereocenters. The van der Waals surface area contributed by atoms with Crippen LogP contribution < -0.4 is 15.5 Å². The molecule has 0 fully saturated rings. The second kappa shape index (κ2) is 9.04. The van der Waals surface area contributed by atoms with Crippen molar-refractivity contribution in [2.45, 2.75) is 6.92 Å². The molecule has 1 N–H and O–H groups in total. The zero-order valence-corrected chi connectivity index (χ0v) is 17.8. The maximum absolute atomic E-state index is 14.3. The van der Waals surface area contributed by atoms with Crippen LogP contribution in [0.3, 0.4) is 0 Å². The van der Waals surface area contributed by atoms with Crippen LogP contribution in [0.5, 0.6) is 5.75 Å². The first-order valence-electron chi connectivity index (χ1n) is 10.00. The van der Waals surface area contributed by atoms with Crippen LogP contribution in [0.2, 0.25) is 0 Å². The highest BCUT2D eigenvalue weighted by Crippen LogP contribution is 2.34. The average molecular weight is 447 g/mol. The van der Waals surface area contributed by atoms with E-state index >= 15 is 0 Å². The van der Waals surface area contributed by atoms with Gasteiger partial charge in [0.1, 0.15) is 28.9 Å². The average Bonchev–Trinajstić information content (AvgIpc) is 2.82. The summed E-state index contributed by atoms with van der Waals surface area (Å²) in [5.41, 5.74) is 0.400. The highest BCUT2D eigenvalue weighted by atomic mass is 19.1. The SMILES string of the molecule is COc1ccccc1-c1c(NC(=O)c2ccccc2F)n(-c2ccc(F)cc2)nc(C)c1=O. The lowest BCUT2D eigenvalue weighted by Gasteiger charge is -2.19. The van der Waals surface area contributed by atoms with Crippen molar-refractivity contribution in [3.63, 3.8) is 0 Å². The van der Waals surface area contributed by atoms with Gasteiger partial charge in [-0.1, -0.05) is 30.3 Å². The minimum Gasteiger partial charge on any atom is -0.496 e. The van der Waals surface area contributed by atoms with E-state index in [1.54, 1.807) is 24.3 Å². The fraction of sp³-hybridized carbons (Fsp3) is 0.0800. The van der Waals surface area contributed by atoms with Crippen molar-refractivity contribution in [1.82, 2.24) is 9.78 Å². The van der Waals surface area contributed by atoms with Crippen LogP contribution in [0.1, 0.15) is 16.1 Å². The van der Waals surface area contributed by atoms with Gasteiger partial charge in [-0.2, -0.15) is 5.10 Å². The summed E-state index contributed by atoms with van der Waals surface area (Å²) in [6, 6.07) is 17.7. The van der Waals surface area contributed by atoms with Crippen LogP contribution >= 0.6 is 0 Å². The van der Waals surface area contributed by atoms with Gasteiger partial charge >= 0.3 is 0 Å². The second-order valence-electron chi connectivity index (χ2n) is 7.16. The highest BCUT2D eigenvalue weighted by molar-refractivity contribution is 6.06. The molecule has 8 heteroatoms. The van der Waals surface area contributed by atoms with Crippen molar-refractivity contribution in [2.24, 2.45) is 0 Å². The van der Waals surface area contributed by atoms with Gasteiger partial charge in [0.05, 0.1) is 23.9 Å². The summed E-state index contributed by atoms with van der Waals surface area (Å²) in [7, 11) is 1.46. The normalized spacial score (nSPS) is 10.7. The summed E-state index contributed by atoms with van der Waals surface area (Å²) in [6.45, 7) is 1.53. The molecule has 4 aromatic rings. The smallest absolute Gasteiger partial charge is 0.259 e. The van der Waals surface area contributed by atoms with E-state index in [0.29, 0.717) is 17.0 Å². The van der Waals surface area contributed by atoms with Crippen LogP contribution in [0.4, 0.5) is 14.6 Å². The molecular weight excluding hydrogens is 428 g/mol. The van der Waals surface area contributed by atoms with Crippen molar-refractivity contribution >= 4 is 11.7 Å². The van der Waals surface area contributed by atoms with E-state index in [0.717, 1.165) is 6.07 Å². The Kier molecular flexibility index (Phi) is 5.99. The molecule has 6 nitrogen and oxygen atoms in total. The minimum absolute atomic E-state index is 0.00467. The standard InChI is InChI=1S/C25H19F2N3O3/c1-15-23(31)22(19-8-4-6-10-21(19)33-2)24(28-25(32)18-7-3-5-9-20(18)27)30(29-15)17-13-11-16(26)12-14-17/h3-14H,1-2H3,(H,28,32). The van der Waals surface area contributed by atoms with Gasteiger partial charge in [-0.25, -0.2) is 13.5 Å². The number of anilines is 1. The molecule has 3 aromatic carbocycles. The van der Waals surface area contributed by atoms with Crippen LogP contribution in [0.15, 0.2) is 77.6 Å². The Morgan fingerprint density at radius 1 is 0.970 bits per heavy atom. The number of hydrogen-bond donors (Lipinski definition) is 1. The van der Waals surface area contributed by atoms with E-state index in [4.69, 9.17) is 4.74 Å². The van der Waals surface area contributed by atoms with Crippen LogP contribution in [0.25, 0.3) is 16.8 Å². The second-order valence-corrected chi connectivity index (χ2v) is 7.16. The number of carbonyl (C=O) groups is 1. The van der Waals surface area contributed by atoms with E-state index in [1.807, 2.05) is 0 Å². The van der Waals surface area contributed by atoms with E-state index < -0.39 is 23.0 Å². The van der Waals surface area contributed by atoms with Gasteiger partial charge in [-0.3, -0.25) is 9.59 Å². The van der Waals surface area contributed by atoms with E-state index in [2.05, 4.69) is 10.4 Å². The lowest BCUT2D eigenvalue weighted by atomic mass is 10.0. The zero-order chi connectivity index (χ0) is 23.5. The molecule has 1 amide bonds. The fourth-order valence-electron chi connectivity index (χ4n) is 3.45. The number of rotatable bonds is 5. The van der Waals surface area contributed by atoms with Crippen LogP contribution in [-0.4, -0.2) is 22.8 Å². The maximum atomic E-state index is 14.3. The van der Waals surface area contributed by atoms with Crippen molar-refractivity contribution in [1.29, 1.82) is 0 Å². The van der Waals surface area contributed by atoms with E-state index in [1.165, 1.54) is 61.2 Å². The number of benzene rings is 3. The number of halogens is 2. The molecule has 0 aliphatic heterocycles. The summed E-state index contributed by atoms with van der Waals surface area (Å²) in [6.07, 6.45) is 0. The third-order valence-corrected chi connectivity index (χ3v) is 5.05. The van der Waals surface area contributed by atoms with Gasteiger partial charge in [0.25, 0.3) is 5.91 Å². The summed E-state index contributed by atoms with van der Waals surface area (Å²) in [5.74, 6) is -1.56. The van der Waals surface area contributed by atoms with Gasteiger partial charge in [-0.15, -0.1) is 0 Å². The molecule has 0 spiro atoms. The van der Waals surface area contributed by atoms with Crippen molar-refractivity contribution < 1.29 is 18.3 Å². The molecule has 0 aliphatic rings. The van der Waals surface area contributed by atoms with Gasteiger partial charge in [-0.05, 0) is 49.4 Å². The lowest BCUT2D eigenvalue weighted by molar-refractivity contribution is 0.102. The highest BCUT2D eigenvalue weighted by Gasteiger charge is 2.23. The molecule has 0 aliphatic carbocycles. The largest absolute Gasteiger partial charge is 0.496 e. The number of nitrogens with one attached hydrogen (secondary N) is 1. The van der Waals surface area contributed by atoms with Crippen molar-refractivity contribution in [2.75, 3.05) is 12.4 Å². The third-order valence-electron chi connectivity index (χ3n) is 5.05. The Morgan fingerprint density at radius 2 is 1.64 bits per heavy atom. The number of aromatic nitrogens is 2. The number of amides is 1. The number of methoxy groups -OCH3 is 1. The van der Waals surface area contributed by atoms with Gasteiger partial charge < -0.3 is 10.1 Å². The van der Waals surface area contributed by atoms with Gasteiger partial charge in [0.2, 0.25) is 5.43 Å². The fourth-order valence-corrected chi connectivity index (χ4v) is 3.45. The van der Waals surface area contributed by atoms with Gasteiger partial charge in [0, 0.05) is 5.56 Å². The van der Waals surface area contributed by atoms with Crippen molar-refractivity contribution in [3.05, 3.63) is 106 Å². The third kappa shape index (κ3) is 4.23. The Bertz CT molecular complexity index is 1400. The molecule has 0 bridgehead atoms. The summed E-state index contributed by atoms with van der Waals surface area (Å²) >= 11 is 0. The van der Waals surface area contributed by atoms with E-state index in [9.17, 15) is 18.4 Å². The molecule has 0 radical (unpaired) electrons.